The van der Waals surface area contributed by atoms with E-state index in [0.29, 0.717) is 10.0 Å². The van der Waals surface area contributed by atoms with Crippen LogP contribution in [0.4, 0.5) is 4.79 Å². The molecule has 1 saturated carbocycles. The number of nitrogens with one attached hydrogen (secondary N) is 1. The van der Waals surface area contributed by atoms with Gasteiger partial charge in [-0.05, 0) is 30.2 Å². The van der Waals surface area contributed by atoms with Crippen LogP contribution in [0.2, 0.25) is 10.0 Å². The van der Waals surface area contributed by atoms with Crippen molar-refractivity contribution in [2.45, 2.75) is 18.4 Å². The monoisotopic (exact) mass is 361 g/mol. The lowest BCUT2D eigenvalue weighted by Crippen LogP contribution is -2.33. The molecule has 2 aromatic rings. The minimum Gasteiger partial charge on any atom is -0.329 e. The average Bonchev–Trinajstić information content (AvgIpc) is 3.29. The van der Waals surface area contributed by atoms with Crippen LogP contribution in [0.5, 0.6) is 0 Å². The topological polar surface area (TPSA) is 62.3 Å². The van der Waals surface area contributed by atoms with Gasteiger partial charge in [-0.3, -0.25) is 14.7 Å². The van der Waals surface area contributed by atoms with Gasteiger partial charge >= 0.3 is 6.03 Å². The summed E-state index contributed by atoms with van der Waals surface area (Å²) in [7, 11) is 0. The quantitative estimate of drug-likeness (QED) is 0.851. The zero-order valence-electron chi connectivity index (χ0n) is 12.5. The van der Waals surface area contributed by atoms with Crippen LogP contribution >= 0.6 is 23.2 Å². The first-order chi connectivity index (χ1) is 11.5. The maximum Gasteiger partial charge on any atom is 0.324 e. The third kappa shape index (κ3) is 2.64. The molecule has 2 heterocycles. The third-order valence-electron chi connectivity index (χ3n) is 4.40. The molecule has 1 aromatic heterocycles. The Bertz CT molecular complexity index is 822. The third-order valence-corrected chi connectivity index (χ3v) is 5.14. The molecule has 1 aromatic carbocycles. The van der Waals surface area contributed by atoms with Crippen molar-refractivity contribution in [2.24, 2.45) is 0 Å². The Labute approximate surface area is 148 Å². The predicted molar refractivity (Wildman–Crippen MR) is 91.1 cm³/mol. The molecule has 1 aliphatic carbocycles. The van der Waals surface area contributed by atoms with Crippen LogP contribution in [0.3, 0.4) is 0 Å². The van der Waals surface area contributed by atoms with Crippen LogP contribution in [0.15, 0.2) is 36.5 Å². The van der Waals surface area contributed by atoms with E-state index in [4.69, 9.17) is 23.2 Å². The number of hydrogen-bond acceptors (Lipinski definition) is 3. The molecule has 2 atom stereocenters. The standard InChI is InChI=1S/C17H13Cl2N3O2/c18-12-3-1-9(5-13(12)19)14-4-2-10(7-20-14)11-6-15(11)22-16(23)8-21-17(22)24/h1-5,7,11,15H,6,8H2,(H,21,24)/t11-,15+/m1/s1. The summed E-state index contributed by atoms with van der Waals surface area (Å²) in [5.74, 6) is 0.000964. The second-order valence-corrected chi connectivity index (χ2v) is 6.75. The molecule has 1 N–H and O–H groups in total. The Hall–Kier alpha value is -2.11. The van der Waals surface area contributed by atoms with Crippen molar-refractivity contribution in [1.29, 1.82) is 0 Å². The van der Waals surface area contributed by atoms with Gasteiger partial charge in [0.05, 0.1) is 22.3 Å². The minimum absolute atomic E-state index is 0.0578. The molecule has 2 fully saturated rings. The predicted octanol–water partition coefficient (Wildman–Crippen LogP) is 3.46. The van der Waals surface area contributed by atoms with E-state index in [1.54, 1.807) is 18.3 Å². The number of nitrogens with zero attached hydrogens (tertiary/aromatic N) is 2. The smallest absolute Gasteiger partial charge is 0.324 e. The van der Waals surface area contributed by atoms with Gasteiger partial charge in [-0.2, -0.15) is 0 Å². The molecule has 7 heteroatoms. The lowest BCUT2D eigenvalue weighted by molar-refractivity contribution is -0.125. The zero-order valence-corrected chi connectivity index (χ0v) is 14.0. The number of amides is 3. The van der Waals surface area contributed by atoms with Gasteiger partial charge in [0.1, 0.15) is 0 Å². The second kappa shape index (κ2) is 5.76. The Morgan fingerprint density at radius 3 is 2.58 bits per heavy atom. The molecule has 3 amide bonds. The molecule has 24 heavy (non-hydrogen) atoms. The molecule has 122 valence electrons. The van der Waals surface area contributed by atoms with E-state index in [1.807, 2.05) is 18.2 Å². The highest BCUT2D eigenvalue weighted by Crippen LogP contribution is 2.45. The van der Waals surface area contributed by atoms with E-state index in [0.717, 1.165) is 23.2 Å². The van der Waals surface area contributed by atoms with Gasteiger partial charge in [-0.1, -0.05) is 35.3 Å². The number of carbonyl (C=O) groups excluding carboxylic acids is 2. The molecule has 0 unspecified atom stereocenters. The van der Waals surface area contributed by atoms with Gasteiger partial charge < -0.3 is 5.32 Å². The first kappa shape index (κ1) is 15.4. The molecular formula is C17H13Cl2N3O2. The van der Waals surface area contributed by atoms with E-state index in [-0.39, 0.29) is 30.4 Å². The molecule has 5 nitrogen and oxygen atoms in total. The Kier molecular flexibility index (Phi) is 3.70. The number of rotatable bonds is 3. The fourth-order valence-corrected chi connectivity index (χ4v) is 3.34. The van der Waals surface area contributed by atoms with Crippen LogP contribution < -0.4 is 5.32 Å². The number of benzene rings is 1. The fraction of sp³-hybridized carbons (Fsp3) is 0.235. The normalized spacial score (nSPS) is 22.7. The van der Waals surface area contributed by atoms with Crippen LogP contribution in [0.25, 0.3) is 11.3 Å². The molecule has 1 aliphatic heterocycles. The maximum atomic E-state index is 11.7. The molecule has 0 radical (unpaired) electrons. The van der Waals surface area contributed by atoms with Gasteiger partial charge in [0.15, 0.2) is 0 Å². The minimum atomic E-state index is -0.298. The van der Waals surface area contributed by atoms with Gasteiger partial charge in [0.25, 0.3) is 0 Å². The number of urea groups is 1. The molecule has 0 spiro atoms. The van der Waals surface area contributed by atoms with E-state index in [9.17, 15) is 9.59 Å². The number of imide groups is 1. The van der Waals surface area contributed by atoms with Crippen molar-refractivity contribution in [2.75, 3.05) is 6.54 Å². The molecule has 1 saturated heterocycles. The van der Waals surface area contributed by atoms with Crippen molar-refractivity contribution in [1.82, 2.24) is 15.2 Å². The first-order valence-corrected chi connectivity index (χ1v) is 8.31. The molecule has 2 aliphatic rings. The van der Waals surface area contributed by atoms with Crippen LogP contribution in [-0.4, -0.2) is 34.4 Å². The van der Waals surface area contributed by atoms with E-state index >= 15 is 0 Å². The van der Waals surface area contributed by atoms with Gasteiger partial charge in [-0.25, -0.2) is 4.79 Å². The van der Waals surface area contributed by atoms with Crippen molar-refractivity contribution >= 4 is 35.1 Å². The summed E-state index contributed by atoms with van der Waals surface area (Å²) in [6, 6.07) is 8.92. The average molecular weight is 362 g/mol. The van der Waals surface area contributed by atoms with Crippen LogP contribution in [0, 0.1) is 0 Å². The van der Waals surface area contributed by atoms with Crippen molar-refractivity contribution < 1.29 is 9.59 Å². The zero-order chi connectivity index (χ0) is 16.8. The largest absolute Gasteiger partial charge is 0.329 e. The van der Waals surface area contributed by atoms with E-state index < -0.39 is 0 Å². The molecule has 0 bridgehead atoms. The molecule has 4 rings (SSSR count). The Morgan fingerprint density at radius 2 is 1.96 bits per heavy atom. The number of halogens is 2. The maximum absolute atomic E-state index is 11.7. The van der Waals surface area contributed by atoms with E-state index in [1.165, 1.54) is 4.90 Å². The lowest BCUT2D eigenvalue weighted by Gasteiger charge is -2.12. The highest BCUT2D eigenvalue weighted by atomic mass is 35.5. The number of hydrogen-bond donors (Lipinski definition) is 1. The summed E-state index contributed by atoms with van der Waals surface area (Å²) >= 11 is 12.0. The summed E-state index contributed by atoms with van der Waals surface area (Å²) in [6.07, 6.45) is 2.58. The highest BCUT2D eigenvalue weighted by Gasteiger charge is 2.49. The second-order valence-electron chi connectivity index (χ2n) is 5.94. The number of aromatic nitrogens is 1. The fourth-order valence-electron chi connectivity index (χ4n) is 3.05. The summed E-state index contributed by atoms with van der Waals surface area (Å²) < 4.78 is 0. The van der Waals surface area contributed by atoms with Gasteiger partial charge in [0.2, 0.25) is 5.91 Å². The number of pyridine rings is 1. The van der Waals surface area contributed by atoms with E-state index in [2.05, 4.69) is 10.3 Å². The lowest BCUT2D eigenvalue weighted by atomic mass is 10.1. The van der Waals surface area contributed by atoms with Gasteiger partial charge in [0, 0.05) is 23.7 Å². The van der Waals surface area contributed by atoms with Crippen molar-refractivity contribution in [3.8, 4) is 11.3 Å². The summed E-state index contributed by atoms with van der Waals surface area (Å²) in [5, 5.41) is 3.54. The Balaban J connectivity index is 1.52. The van der Waals surface area contributed by atoms with Crippen molar-refractivity contribution in [3.63, 3.8) is 0 Å². The SMILES string of the molecule is O=C1CNC(=O)N1[C@H]1C[C@@H]1c1ccc(-c2ccc(Cl)c(Cl)c2)nc1. The first-order valence-electron chi connectivity index (χ1n) is 7.56. The summed E-state index contributed by atoms with van der Waals surface area (Å²) in [6.45, 7) is 0.0938. The highest BCUT2D eigenvalue weighted by molar-refractivity contribution is 6.42. The van der Waals surface area contributed by atoms with Crippen LogP contribution in [0.1, 0.15) is 17.9 Å². The number of carbonyl (C=O) groups is 2. The van der Waals surface area contributed by atoms with Crippen LogP contribution in [-0.2, 0) is 4.79 Å². The van der Waals surface area contributed by atoms with Crippen molar-refractivity contribution in [3.05, 3.63) is 52.1 Å². The molecular weight excluding hydrogens is 349 g/mol. The Morgan fingerprint density at radius 1 is 1.12 bits per heavy atom. The summed E-state index contributed by atoms with van der Waals surface area (Å²) in [5.41, 5.74) is 2.71. The van der Waals surface area contributed by atoms with Gasteiger partial charge in [-0.15, -0.1) is 0 Å². The summed E-state index contributed by atoms with van der Waals surface area (Å²) in [4.78, 5) is 29.2.